The first-order valence-corrected chi connectivity index (χ1v) is 6.47. The minimum atomic E-state index is -0.206. The highest BCUT2D eigenvalue weighted by molar-refractivity contribution is 5.20. The quantitative estimate of drug-likeness (QED) is 0.769. The molecule has 0 amide bonds. The summed E-state index contributed by atoms with van der Waals surface area (Å²) in [5.41, 5.74) is 1.27. The Morgan fingerprint density at radius 3 is 1.94 bits per heavy atom. The zero-order chi connectivity index (χ0) is 12.0. The molecule has 0 fully saturated rings. The van der Waals surface area contributed by atoms with E-state index in [4.69, 9.17) is 0 Å². The zero-order valence-electron chi connectivity index (χ0n) is 10.7. The number of rotatable bonds is 6. The Labute approximate surface area is 99.5 Å². The van der Waals surface area contributed by atoms with E-state index in [2.05, 4.69) is 45.0 Å². The summed E-state index contributed by atoms with van der Waals surface area (Å²) in [6.07, 6.45) is 2.91. The molecule has 1 aromatic carbocycles. The minimum absolute atomic E-state index is 0.206. The first kappa shape index (κ1) is 13.2. The van der Waals surface area contributed by atoms with Gasteiger partial charge in [0.25, 0.3) is 0 Å². The van der Waals surface area contributed by atoms with Gasteiger partial charge in [0, 0.05) is 5.92 Å². The van der Waals surface area contributed by atoms with Gasteiger partial charge in [-0.15, -0.1) is 0 Å². The Kier molecular flexibility index (Phi) is 5.54. The van der Waals surface area contributed by atoms with E-state index >= 15 is 0 Å². The summed E-state index contributed by atoms with van der Waals surface area (Å²) < 4.78 is 0. The van der Waals surface area contributed by atoms with Gasteiger partial charge in [0.05, 0.1) is 6.10 Å². The SMILES string of the molecule is CCC(CC)C(O)C(CC)c1ccccc1. The maximum absolute atomic E-state index is 10.4. The van der Waals surface area contributed by atoms with Crippen LogP contribution in [-0.2, 0) is 0 Å². The van der Waals surface area contributed by atoms with Gasteiger partial charge in [-0.3, -0.25) is 0 Å². The van der Waals surface area contributed by atoms with Gasteiger partial charge in [0.2, 0.25) is 0 Å². The second kappa shape index (κ2) is 6.70. The standard InChI is InChI=1S/C15H24O/c1-4-12(5-2)15(16)14(6-3)13-10-8-7-9-11-13/h7-12,14-16H,4-6H2,1-3H3. The topological polar surface area (TPSA) is 20.2 Å². The molecule has 2 atom stereocenters. The number of hydrogen-bond acceptors (Lipinski definition) is 1. The van der Waals surface area contributed by atoms with E-state index in [0.717, 1.165) is 19.3 Å². The predicted molar refractivity (Wildman–Crippen MR) is 69.6 cm³/mol. The molecule has 0 aromatic heterocycles. The average Bonchev–Trinajstić information content (AvgIpc) is 2.33. The fourth-order valence-electron chi connectivity index (χ4n) is 2.47. The Hall–Kier alpha value is -0.820. The number of hydrogen-bond donors (Lipinski definition) is 1. The highest BCUT2D eigenvalue weighted by Gasteiger charge is 2.25. The van der Waals surface area contributed by atoms with Crippen molar-refractivity contribution >= 4 is 0 Å². The first-order valence-electron chi connectivity index (χ1n) is 6.47. The molecule has 1 N–H and O–H groups in total. The normalized spacial score (nSPS) is 15.1. The number of benzene rings is 1. The van der Waals surface area contributed by atoms with Gasteiger partial charge < -0.3 is 5.11 Å². The molecule has 16 heavy (non-hydrogen) atoms. The van der Waals surface area contributed by atoms with Crippen molar-refractivity contribution in [1.82, 2.24) is 0 Å². The monoisotopic (exact) mass is 220 g/mol. The Balaban J connectivity index is 2.82. The predicted octanol–water partition coefficient (Wildman–Crippen LogP) is 3.98. The van der Waals surface area contributed by atoms with Crippen LogP contribution in [0.4, 0.5) is 0 Å². The molecular weight excluding hydrogens is 196 g/mol. The van der Waals surface area contributed by atoms with Crippen LogP contribution in [0.5, 0.6) is 0 Å². The summed E-state index contributed by atoms with van der Waals surface area (Å²) in [5, 5.41) is 10.4. The van der Waals surface area contributed by atoms with E-state index in [1.54, 1.807) is 0 Å². The molecular formula is C15H24O. The summed E-state index contributed by atoms with van der Waals surface area (Å²) in [6.45, 7) is 6.48. The zero-order valence-corrected chi connectivity index (χ0v) is 10.7. The van der Waals surface area contributed by atoms with E-state index in [9.17, 15) is 5.11 Å². The van der Waals surface area contributed by atoms with Crippen molar-refractivity contribution in [3.05, 3.63) is 35.9 Å². The van der Waals surface area contributed by atoms with E-state index in [1.807, 2.05) is 6.07 Å². The van der Waals surface area contributed by atoms with Crippen molar-refractivity contribution in [2.75, 3.05) is 0 Å². The summed E-state index contributed by atoms with van der Waals surface area (Å²) in [4.78, 5) is 0. The summed E-state index contributed by atoms with van der Waals surface area (Å²) in [6, 6.07) is 10.4. The van der Waals surface area contributed by atoms with Gasteiger partial charge in [0.15, 0.2) is 0 Å². The van der Waals surface area contributed by atoms with Crippen LogP contribution in [0, 0.1) is 5.92 Å². The number of aliphatic hydroxyl groups is 1. The molecule has 1 heteroatoms. The molecule has 0 bridgehead atoms. The summed E-state index contributed by atoms with van der Waals surface area (Å²) in [5.74, 6) is 0.705. The van der Waals surface area contributed by atoms with Crippen molar-refractivity contribution in [3.63, 3.8) is 0 Å². The van der Waals surface area contributed by atoms with Crippen LogP contribution >= 0.6 is 0 Å². The second-order valence-corrected chi connectivity index (χ2v) is 4.49. The third kappa shape index (κ3) is 3.08. The van der Waals surface area contributed by atoms with Gasteiger partial charge >= 0.3 is 0 Å². The van der Waals surface area contributed by atoms with Gasteiger partial charge in [-0.05, 0) is 17.9 Å². The molecule has 0 heterocycles. The number of aliphatic hydroxyl groups excluding tert-OH is 1. The third-order valence-corrected chi connectivity index (χ3v) is 3.61. The van der Waals surface area contributed by atoms with Gasteiger partial charge in [0.1, 0.15) is 0 Å². The van der Waals surface area contributed by atoms with Crippen LogP contribution in [0.3, 0.4) is 0 Å². The molecule has 1 aromatic rings. The lowest BCUT2D eigenvalue weighted by molar-refractivity contribution is 0.0741. The van der Waals surface area contributed by atoms with Crippen molar-refractivity contribution in [1.29, 1.82) is 0 Å². The highest BCUT2D eigenvalue weighted by atomic mass is 16.3. The third-order valence-electron chi connectivity index (χ3n) is 3.61. The molecule has 1 rings (SSSR count). The van der Waals surface area contributed by atoms with Gasteiger partial charge in [-0.25, -0.2) is 0 Å². The van der Waals surface area contributed by atoms with Crippen LogP contribution in [0.15, 0.2) is 30.3 Å². The van der Waals surface area contributed by atoms with Crippen LogP contribution < -0.4 is 0 Å². The molecule has 90 valence electrons. The van der Waals surface area contributed by atoms with Crippen LogP contribution in [0.1, 0.15) is 51.5 Å². The van der Waals surface area contributed by atoms with Gasteiger partial charge in [-0.1, -0.05) is 63.9 Å². The largest absolute Gasteiger partial charge is 0.392 e. The first-order chi connectivity index (χ1) is 7.74. The average molecular weight is 220 g/mol. The molecule has 2 unspecified atom stereocenters. The Bertz CT molecular complexity index is 277. The van der Waals surface area contributed by atoms with E-state index in [-0.39, 0.29) is 12.0 Å². The van der Waals surface area contributed by atoms with Crippen molar-refractivity contribution in [2.45, 2.75) is 52.1 Å². The maximum Gasteiger partial charge on any atom is 0.0636 e. The van der Waals surface area contributed by atoms with Crippen LogP contribution in [0.25, 0.3) is 0 Å². The maximum atomic E-state index is 10.4. The van der Waals surface area contributed by atoms with Crippen molar-refractivity contribution < 1.29 is 5.11 Å². The van der Waals surface area contributed by atoms with Crippen molar-refractivity contribution in [2.24, 2.45) is 5.92 Å². The smallest absolute Gasteiger partial charge is 0.0636 e. The molecule has 0 aliphatic heterocycles. The lowest BCUT2D eigenvalue weighted by atomic mass is 9.82. The summed E-state index contributed by atoms with van der Waals surface area (Å²) in [7, 11) is 0. The fourth-order valence-corrected chi connectivity index (χ4v) is 2.47. The molecule has 0 saturated heterocycles. The van der Waals surface area contributed by atoms with Gasteiger partial charge in [-0.2, -0.15) is 0 Å². The lowest BCUT2D eigenvalue weighted by Gasteiger charge is -2.28. The molecule has 0 aliphatic rings. The van der Waals surface area contributed by atoms with Crippen molar-refractivity contribution in [3.8, 4) is 0 Å². The molecule has 1 nitrogen and oxygen atoms in total. The minimum Gasteiger partial charge on any atom is -0.392 e. The second-order valence-electron chi connectivity index (χ2n) is 4.49. The fraction of sp³-hybridized carbons (Fsp3) is 0.600. The molecule has 0 radical (unpaired) electrons. The highest BCUT2D eigenvalue weighted by Crippen LogP contribution is 2.30. The van der Waals surface area contributed by atoms with Crippen LogP contribution in [0.2, 0.25) is 0 Å². The van der Waals surface area contributed by atoms with E-state index in [1.165, 1.54) is 5.56 Å². The summed E-state index contributed by atoms with van der Waals surface area (Å²) >= 11 is 0. The van der Waals surface area contributed by atoms with E-state index < -0.39 is 0 Å². The molecule has 0 aliphatic carbocycles. The lowest BCUT2D eigenvalue weighted by Crippen LogP contribution is -2.26. The molecule has 0 saturated carbocycles. The molecule has 0 spiro atoms. The van der Waals surface area contributed by atoms with E-state index in [0.29, 0.717) is 5.92 Å². The Morgan fingerprint density at radius 1 is 0.938 bits per heavy atom. The van der Waals surface area contributed by atoms with Crippen LogP contribution in [-0.4, -0.2) is 11.2 Å². The Morgan fingerprint density at radius 2 is 1.50 bits per heavy atom.